The maximum atomic E-state index is 11.7. The van der Waals surface area contributed by atoms with E-state index in [2.05, 4.69) is 0 Å². The number of rotatable bonds is 7. The van der Waals surface area contributed by atoms with Crippen LogP contribution in [-0.2, 0) is 9.53 Å². The normalized spacial score (nSPS) is 28.9. The van der Waals surface area contributed by atoms with Gasteiger partial charge < -0.3 is 59.1 Å². The first-order valence-corrected chi connectivity index (χ1v) is 13.4. The predicted octanol–water partition coefficient (Wildman–Crippen LogP) is 1.32. The molecule has 6 rings (SSSR count). The number of carbonyl (C=O) groups is 1. The van der Waals surface area contributed by atoms with Gasteiger partial charge in [-0.1, -0.05) is 18.2 Å². The van der Waals surface area contributed by atoms with Crippen molar-refractivity contribution in [2.45, 2.75) is 42.2 Å². The highest BCUT2D eigenvalue weighted by molar-refractivity contribution is 5.76. The molecule has 3 aliphatic heterocycles. The maximum absolute atomic E-state index is 11.7. The standard InChI is InChI=1S/C30H30O13/c1-38-19-7-6-16-18-11-40-20-10-15(42-30(12-31)28(35)23(34)22(33)27(43-30)29(36)37)9-17(13-4-3-5-14(32)8-13)21(20)24(18)41-25(16)26(19)39-2/h3-10,18,22-24,27-28,31-35H,11-12H2,1-2H3,(H,36,37). The lowest BCUT2D eigenvalue weighted by Crippen LogP contribution is -2.69. The first-order valence-electron chi connectivity index (χ1n) is 13.4. The van der Waals surface area contributed by atoms with Gasteiger partial charge in [-0.15, -0.1) is 0 Å². The number of benzene rings is 3. The highest BCUT2D eigenvalue weighted by atomic mass is 16.7. The van der Waals surface area contributed by atoms with Crippen molar-refractivity contribution in [2.75, 3.05) is 27.4 Å². The van der Waals surface area contributed by atoms with Crippen LogP contribution in [0.15, 0.2) is 48.5 Å². The number of ether oxygens (including phenoxy) is 6. The van der Waals surface area contributed by atoms with Gasteiger partial charge in [0.05, 0.1) is 26.7 Å². The highest BCUT2D eigenvalue weighted by Crippen LogP contribution is 2.58. The number of phenols is 1. The minimum absolute atomic E-state index is 0.0212. The van der Waals surface area contributed by atoms with Crippen LogP contribution in [0.5, 0.6) is 34.5 Å². The molecule has 1 saturated heterocycles. The number of hydrogen-bond donors (Lipinski definition) is 6. The molecule has 6 N–H and O–H groups in total. The lowest BCUT2D eigenvalue weighted by Gasteiger charge is -2.46. The van der Waals surface area contributed by atoms with Crippen molar-refractivity contribution < 1.29 is 63.9 Å². The lowest BCUT2D eigenvalue weighted by molar-refractivity contribution is -0.338. The average molecular weight is 599 g/mol. The largest absolute Gasteiger partial charge is 0.508 e. The number of carboxylic acids is 1. The Morgan fingerprint density at radius 3 is 2.51 bits per heavy atom. The maximum Gasteiger partial charge on any atom is 0.335 e. The Hall–Kier alpha value is -4.27. The minimum atomic E-state index is -2.47. The van der Waals surface area contributed by atoms with Gasteiger partial charge in [0.15, 0.2) is 23.7 Å². The zero-order valence-corrected chi connectivity index (χ0v) is 23.0. The molecule has 0 spiro atoms. The van der Waals surface area contributed by atoms with Crippen molar-refractivity contribution >= 4 is 5.97 Å². The van der Waals surface area contributed by atoms with Gasteiger partial charge in [0.2, 0.25) is 5.75 Å². The molecule has 13 nitrogen and oxygen atoms in total. The van der Waals surface area contributed by atoms with Crippen molar-refractivity contribution in [3.63, 3.8) is 0 Å². The second-order valence-corrected chi connectivity index (χ2v) is 10.5. The van der Waals surface area contributed by atoms with E-state index in [9.17, 15) is 35.4 Å². The van der Waals surface area contributed by atoms with E-state index in [1.165, 1.54) is 38.5 Å². The van der Waals surface area contributed by atoms with Crippen molar-refractivity contribution in [2.24, 2.45) is 0 Å². The number of methoxy groups -OCH3 is 2. The topological polar surface area (TPSA) is 194 Å². The van der Waals surface area contributed by atoms with Crippen LogP contribution in [0.4, 0.5) is 0 Å². The second-order valence-electron chi connectivity index (χ2n) is 10.5. The van der Waals surface area contributed by atoms with E-state index in [-0.39, 0.29) is 24.0 Å². The Morgan fingerprint density at radius 1 is 1.05 bits per heavy atom. The molecule has 3 aliphatic rings. The third-order valence-corrected chi connectivity index (χ3v) is 8.03. The van der Waals surface area contributed by atoms with Crippen LogP contribution in [-0.4, -0.2) is 94.2 Å². The molecule has 0 aliphatic carbocycles. The molecule has 7 atom stereocenters. The van der Waals surface area contributed by atoms with Gasteiger partial charge in [0, 0.05) is 17.2 Å². The fourth-order valence-corrected chi connectivity index (χ4v) is 5.93. The van der Waals surface area contributed by atoms with E-state index < -0.39 is 48.9 Å². The number of fused-ring (bicyclic) bond motifs is 5. The van der Waals surface area contributed by atoms with Crippen LogP contribution in [0.2, 0.25) is 0 Å². The monoisotopic (exact) mass is 598 g/mol. The van der Waals surface area contributed by atoms with Gasteiger partial charge in [0.25, 0.3) is 5.79 Å². The van der Waals surface area contributed by atoms with Crippen molar-refractivity contribution in [3.05, 3.63) is 59.7 Å². The fourth-order valence-electron chi connectivity index (χ4n) is 5.93. The van der Waals surface area contributed by atoms with Crippen LogP contribution >= 0.6 is 0 Å². The van der Waals surface area contributed by atoms with E-state index in [1.54, 1.807) is 18.2 Å². The van der Waals surface area contributed by atoms with Crippen molar-refractivity contribution in [3.8, 4) is 45.6 Å². The molecule has 3 aromatic carbocycles. The summed E-state index contributed by atoms with van der Waals surface area (Å²) >= 11 is 0. The minimum Gasteiger partial charge on any atom is -0.508 e. The molecule has 0 aromatic heterocycles. The highest BCUT2D eigenvalue weighted by Gasteiger charge is 2.57. The Kier molecular flexibility index (Phi) is 7.22. The number of aliphatic hydroxyl groups is 4. The van der Waals surface area contributed by atoms with Gasteiger partial charge in [-0.3, -0.25) is 0 Å². The summed E-state index contributed by atoms with van der Waals surface area (Å²) in [6.07, 6.45) is -8.62. The Bertz CT molecular complexity index is 1560. The smallest absolute Gasteiger partial charge is 0.335 e. The predicted molar refractivity (Wildman–Crippen MR) is 146 cm³/mol. The number of phenolic OH excluding ortho intramolecular Hbond substituents is 1. The summed E-state index contributed by atoms with van der Waals surface area (Å²) < 4.78 is 35.0. The molecule has 228 valence electrons. The molecule has 0 radical (unpaired) electrons. The third-order valence-electron chi connectivity index (χ3n) is 8.03. The number of aromatic hydroxyl groups is 1. The van der Waals surface area contributed by atoms with Gasteiger partial charge in [-0.05, 0) is 35.4 Å². The molecule has 1 fully saturated rings. The fraction of sp³-hybridized carbons (Fsp3) is 0.367. The Morgan fingerprint density at radius 2 is 1.84 bits per heavy atom. The van der Waals surface area contributed by atoms with Gasteiger partial charge in [0.1, 0.15) is 42.2 Å². The number of aliphatic carboxylic acids is 1. The van der Waals surface area contributed by atoms with Gasteiger partial charge in [-0.25, -0.2) is 4.79 Å². The SMILES string of the molecule is COc1ccc2c(c1OC)OC1c3c(cc(OC4(CO)OC(C(=O)O)C(O)C(O)C4O)cc3-c3cccc(O)c3)OCC21. The first-order chi connectivity index (χ1) is 20.6. The Balaban J connectivity index is 1.47. The number of hydrogen-bond acceptors (Lipinski definition) is 12. The molecule has 0 saturated carbocycles. The molecular weight excluding hydrogens is 568 g/mol. The first kappa shape index (κ1) is 28.8. The van der Waals surface area contributed by atoms with Crippen molar-refractivity contribution in [1.82, 2.24) is 0 Å². The van der Waals surface area contributed by atoms with E-state index in [0.29, 0.717) is 39.7 Å². The van der Waals surface area contributed by atoms with E-state index in [0.717, 1.165) is 5.56 Å². The number of aliphatic hydroxyl groups excluding tert-OH is 4. The quantitative estimate of drug-likeness (QED) is 0.228. The number of carboxylic acid groups (broad SMARTS) is 1. The summed E-state index contributed by atoms with van der Waals surface area (Å²) in [6.45, 7) is -0.884. The van der Waals surface area contributed by atoms with Crippen LogP contribution in [0.1, 0.15) is 23.1 Å². The second kappa shape index (κ2) is 10.8. The molecular formula is C30H30O13. The molecule has 0 amide bonds. The third kappa shape index (κ3) is 4.56. The van der Waals surface area contributed by atoms with E-state index in [4.69, 9.17) is 28.4 Å². The summed E-state index contributed by atoms with van der Waals surface area (Å²) in [6, 6.07) is 13.1. The molecule has 3 aromatic rings. The zero-order chi connectivity index (χ0) is 30.6. The summed E-state index contributed by atoms with van der Waals surface area (Å²) in [4.78, 5) is 11.7. The summed E-state index contributed by atoms with van der Waals surface area (Å²) in [5.74, 6) is -2.67. The summed E-state index contributed by atoms with van der Waals surface area (Å²) in [7, 11) is 3.04. The molecule has 3 heterocycles. The molecule has 43 heavy (non-hydrogen) atoms. The van der Waals surface area contributed by atoms with Gasteiger partial charge in [-0.2, -0.15) is 0 Å². The summed E-state index contributed by atoms with van der Waals surface area (Å²) in [5.41, 5.74) is 2.48. The molecule has 7 unspecified atom stereocenters. The summed E-state index contributed by atoms with van der Waals surface area (Å²) in [5, 5.41) is 61.4. The van der Waals surface area contributed by atoms with Crippen LogP contribution in [0, 0.1) is 0 Å². The molecule has 0 bridgehead atoms. The van der Waals surface area contributed by atoms with Crippen molar-refractivity contribution in [1.29, 1.82) is 0 Å². The molecule has 13 heteroatoms. The lowest BCUT2D eigenvalue weighted by atomic mass is 9.85. The Labute approximate surface area is 245 Å². The zero-order valence-electron chi connectivity index (χ0n) is 23.0. The van der Waals surface area contributed by atoms with E-state index >= 15 is 0 Å². The van der Waals surface area contributed by atoms with Gasteiger partial charge >= 0.3 is 5.97 Å². The van der Waals surface area contributed by atoms with E-state index in [1.807, 2.05) is 6.07 Å². The average Bonchev–Trinajstić information content (AvgIpc) is 3.39. The van der Waals surface area contributed by atoms with Crippen LogP contribution < -0.4 is 23.7 Å². The van der Waals surface area contributed by atoms with Crippen LogP contribution in [0.25, 0.3) is 11.1 Å². The van der Waals surface area contributed by atoms with Crippen LogP contribution in [0.3, 0.4) is 0 Å².